The van der Waals surface area contributed by atoms with Crippen LogP contribution in [0, 0.1) is 13.8 Å². The molecule has 1 N–H and O–H groups in total. The summed E-state index contributed by atoms with van der Waals surface area (Å²) >= 11 is 1.54. The summed E-state index contributed by atoms with van der Waals surface area (Å²) in [4.78, 5) is 17.9. The maximum atomic E-state index is 11.9. The van der Waals surface area contributed by atoms with Crippen LogP contribution < -0.4 is 5.32 Å². The van der Waals surface area contributed by atoms with E-state index in [1.807, 2.05) is 38.2 Å². The van der Waals surface area contributed by atoms with Gasteiger partial charge in [0.25, 0.3) is 5.91 Å². The molecule has 94 valence electrons. The lowest BCUT2D eigenvalue weighted by atomic mass is 10.2. The average molecular weight is 260 g/mol. The van der Waals surface area contributed by atoms with Crippen molar-refractivity contribution in [2.75, 3.05) is 6.54 Å². The van der Waals surface area contributed by atoms with Gasteiger partial charge in [0.15, 0.2) is 0 Å². The van der Waals surface area contributed by atoms with E-state index >= 15 is 0 Å². The van der Waals surface area contributed by atoms with Crippen LogP contribution in [0.15, 0.2) is 30.6 Å². The first kappa shape index (κ1) is 12.8. The summed E-state index contributed by atoms with van der Waals surface area (Å²) in [6, 6.07) is 5.86. The molecule has 18 heavy (non-hydrogen) atoms. The first-order chi connectivity index (χ1) is 8.66. The van der Waals surface area contributed by atoms with Crippen molar-refractivity contribution in [3.8, 4) is 0 Å². The minimum Gasteiger partial charge on any atom is -0.351 e. The Bertz CT molecular complexity index is 514. The third-order valence-corrected chi connectivity index (χ3v) is 3.96. The smallest absolute Gasteiger partial charge is 0.261 e. The molecule has 0 bridgehead atoms. The van der Waals surface area contributed by atoms with Crippen LogP contribution in [0.25, 0.3) is 0 Å². The molecule has 0 aliphatic carbocycles. The summed E-state index contributed by atoms with van der Waals surface area (Å²) in [6.45, 7) is 4.70. The Labute approximate surface area is 111 Å². The number of nitrogens with one attached hydrogen (secondary N) is 1. The van der Waals surface area contributed by atoms with Crippen LogP contribution >= 0.6 is 11.3 Å². The van der Waals surface area contributed by atoms with Crippen LogP contribution in [-0.2, 0) is 6.42 Å². The number of nitrogens with zero attached hydrogens (tertiary/aromatic N) is 1. The highest BCUT2D eigenvalue weighted by Gasteiger charge is 2.09. The van der Waals surface area contributed by atoms with Crippen molar-refractivity contribution in [3.63, 3.8) is 0 Å². The Balaban J connectivity index is 1.85. The Morgan fingerprint density at radius 3 is 2.89 bits per heavy atom. The molecule has 0 saturated heterocycles. The van der Waals surface area contributed by atoms with Crippen molar-refractivity contribution in [3.05, 3.63) is 51.5 Å². The predicted octanol–water partition coefficient (Wildman–Crippen LogP) is 2.73. The molecule has 0 radical (unpaired) electrons. The van der Waals surface area contributed by atoms with Gasteiger partial charge in [-0.3, -0.25) is 9.78 Å². The highest BCUT2D eigenvalue weighted by molar-refractivity contribution is 7.14. The Morgan fingerprint density at radius 1 is 1.44 bits per heavy atom. The standard InChI is InChI=1S/C14H16N2OS/c1-10-8-13(18-11(10)2)14(17)16-7-5-12-4-3-6-15-9-12/h3-4,6,8-9H,5,7H2,1-2H3,(H,16,17). The van der Waals surface area contributed by atoms with Crippen molar-refractivity contribution in [1.29, 1.82) is 0 Å². The van der Waals surface area contributed by atoms with Gasteiger partial charge in [0.2, 0.25) is 0 Å². The lowest BCUT2D eigenvalue weighted by molar-refractivity contribution is 0.0958. The van der Waals surface area contributed by atoms with Gasteiger partial charge in [-0.1, -0.05) is 6.07 Å². The minimum atomic E-state index is 0.0140. The van der Waals surface area contributed by atoms with Crippen LogP contribution in [0.5, 0.6) is 0 Å². The predicted molar refractivity (Wildman–Crippen MR) is 74.1 cm³/mol. The SMILES string of the molecule is Cc1cc(C(=O)NCCc2cccnc2)sc1C. The molecule has 2 aromatic rings. The van der Waals surface area contributed by atoms with Gasteiger partial charge >= 0.3 is 0 Å². The van der Waals surface area contributed by atoms with Crippen LogP contribution in [-0.4, -0.2) is 17.4 Å². The fourth-order valence-corrected chi connectivity index (χ4v) is 2.59. The van der Waals surface area contributed by atoms with Crippen molar-refractivity contribution >= 4 is 17.2 Å². The van der Waals surface area contributed by atoms with E-state index in [0.717, 1.165) is 16.9 Å². The van der Waals surface area contributed by atoms with Crippen LogP contribution in [0.1, 0.15) is 25.7 Å². The number of thiophene rings is 1. The van der Waals surface area contributed by atoms with Crippen molar-refractivity contribution in [2.24, 2.45) is 0 Å². The Hall–Kier alpha value is -1.68. The van der Waals surface area contributed by atoms with Gasteiger partial charge in [-0.2, -0.15) is 0 Å². The van der Waals surface area contributed by atoms with E-state index in [4.69, 9.17) is 0 Å². The summed E-state index contributed by atoms with van der Waals surface area (Å²) in [6.07, 6.45) is 4.38. The monoisotopic (exact) mass is 260 g/mol. The molecule has 0 spiro atoms. The van der Waals surface area contributed by atoms with Gasteiger partial charge in [-0.25, -0.2) is 0 Å². The van der Waals surface area contributed by atoms with E-state index in [2.05, 4.69) is 10.3 Å². The van der Waals surface area contributed by atoms with E-state index in [0.29, 0.717) is 6.54 Å². The normalized spacial score (nSPS) is 10.3. The molecular weight excluding hydrogens is 244 g/mol. The summed E-state index contributed by atoms with van der Waals surface area (Å²) in [5, 5.41) is 2.93. The lowest BCUT2D eigenvalue weighted by Crippen LogP contribution is -2.24. The maximum absolute atomic E-state index is 11.9. The molecule has 0 fully saturated rings. The number of aromatic nitrogens is 1. The molecule has 0 atom stereocenters. The van der Waals surface area contributed by atoms with Crippen molar-refractivity contribution in [2.45, 2.75) is 20.3 Å². The lowest BCUT2D eigenvalue weighted by Gasteiger charge is -2.03. The maximum Gasteiger partial charge on any atom is 0.261 e. The molecule has 0 saturated carbocycles. The Morgan fingerprint density at radius 2 is 2.28 bits per heavy atom. The van der Waals surface area contributed by atoms with E-state index < -0.39 is 0 Å². The van der Waals surface area contributed by atoms with Gasteiger partial charge in [0.1, 0.15) is 0 Å². The fourth-order valence-electron chi connectivity index (χ4n) is 1.64. The number of amides is 1. The third kappa shape index (κ3) is 3.17. The summed E-state index contributed by atoms with van der Waals surface area (Å²) in [5.74, 6) is 0.0140. The molecule has 2 aromatic heterocycles. The molecule has 2 rings (SSSR count). The number of carbonyl (C=O) groups is 1. The highest BCUT2D eigenvalue weighted by Crippen LogP contribution is 2.20. The van der Waals surface area contributed by atoms with E-state index in [9.17, 15) is 4.79 Å². The van der Waals surface area contributed by atoms with Gasteiger partial charge in [-0.05, 0) is 43.5 Å². The van der Waals surface area contributed by atoms with Crippen LogP contribution in [0.4, 0.5) is 0 Å². The van der Waals surface area contributed by atoms with E-state index in [1.165, 1.54) is 10.4 Å². The molecule has 0 aromatic carbocycles. The first-order valence-electron chi connectivity index (χ1n) is 5.91. The van der Waals surface area contributed by atoms with Gasteiger partial charge in [-0.15, -0.1) is 11.3 Å². The minimum absolute atomic E-state index is 0.0140. The number of hydrogen-bond acceptors (Lipinski definition) is 3. The number of carbonyl (C=O) groups excluding carboxylic acids is 1. The quantitative estimate of drug-likeness (QED) is 0.918. The largest absolute Gasteiger partial charge is 0.351 e. The molecule has 0 aliphatic heterocycles. The second-order valence-corrected chi connectivity index (χ2v) is 5.47. The molecule has 0 aliphatic rings. The van der Waals surface area contributed by atoms with Crippen LogP contribution in [0.2, 0.25) is 0 Å². The molecule has 3 nitrogen and oxygen atoms in total. The first-order valence-corrected chi connectivity index (χ1v) is 6.72. The van der Waals surface area contributed by atoms with Crippen LogP contribution in [0.3, 0.4) is 0 Å². The summed E-state index contributed by atoms with van der Waals surface area (Å²) in [7, 11) is 0. The second kappa shape index (κ2) is 5.78. The number of rotatable bonds is 4. The van der Waals surface area contributed by atoms with Gasteiger partial charge in [0.05, 0.1) is 4.88 Å². The molecule has 4 heteroatoms. The summed E-state index contributed by atoms with van der Waals surface area (Å²) < 4.78 is 0. The van der Waals surface area contributed by atoms with E-state index in [1.54, 1.807) is 17.5 Å². The zero-order valence-electron chi connectivity index (χ0n) is 10.6. The second-order valence-electron chi connectivity index (χ2n) is 4.22. The fraction of sp³-hybridized carbons (Fsp3) is 0.286. The molecule has 0 unspecified atom stereocenters. The molecular formula is C14H16N2OS. The number of pyridine rings is 1. The van der Waals surface area contributed by atoms with Crippen molar-refractivity contribution in [1.82, 2.24) is 10.3 Å². The summed E-state index contributed by atoms with van der Waals surface area (Å²) in [5.41, 5.74) is 2.31. The molecule has 2 heterocycles. The number of aryl methyl sites for hydroxylation is 2. The third-order valence-electron chi connectivity index (χ3n) is 2.81. The zero-order chi connectivity index (χ0) is 13.0. The van der Waals surface area contributed by atoms with E-state index in [-0.39, 0.29) is 5.91 Å². The van der Waals surface area contributed by atoms with Gasteiger partial charge in [0, 0.05) is 23.8 Å². The molecule has 1 amide bonds. The average Bonchev–Trinajstić information content (AvgIpc) is 2.71. The topological polar surface area (TPSA) is 42.0 Å². The Kier molecular flexibility index (Phi) is 4.10. The number of hydrogen-bond donors (Lipinski definition) is 1. The highest BCUT2D eigenvalue weighted by atomic mass is 32.1. The zero-order valence-corrected chi connectivity index (χ0v) is 11.4. The van der Waals surface area contributed by atoms with Crippen molar-refractivity contribution < 1.29 is 4.79 Å². The van der Waals surface area contributed by atoms with Gasteiger partial charge < -0.3 is 5.32 Å².